The van der Waals surface area contributed by atoms with Crippen LogP contribution in [0.2, 0.25) is 0 Å². The molecule has 0 aliphatic heterocycles. The Kier molecular flexibility index (Phi) is 7.14. The molecule has 0 spiro atoms. The summed E-state index contributed by atoms with van der Waals surface area (Å²) in [5.74, 6) is 0.834. The number of hydrogen-bond donors (Lipinski definition) is 0. The Labute approximate surface area is 126 Å². The van der Waals surface area contributed by atoms with Crippen LogP contribution in [0, 0.1) is 11.7 Å². The first kappa shape index (κ1) is 17.1. The van der Waals surface area contributed by atoms with Crippen LogP contribution in [-0.4, -0.2) is 14.2 Å². The Hall–Kier alpha value is -0.960. The molecule has 114 valence electrons. The van der Waals surface area contributed by atoms with Crippen molar-refractivity contribution in [1.82, 2.24) is 0 Å². The first-order valence-electron chi connectivity index (χ1n) is 7.14. The molecular formula is C16H24ClFO2. The number of alkyl halides is 1. The van der Waals surface area contributed by atoms with Crippen LogP contribution < -0.4 is 9.47 Å². The highest BCUT2D eigenvalue weighted by Gasteiger charge is 2.24. The monoisotopic (exact) mass is 302 g/mol. The van der Waals surface area contributed by atoms with Crippen LogP contribution in [0.5, 0.6) is 11.5 Å². The summed E-state index contributed by atoms with van der Waals surface area (Å²) < 4.78 is 24.5. The fourth-order valence-corrected chi connectivity index (χ4v) is 2.83. The van der Waals surface area contributed by atoms with E-state index in [2.05, 4.69) is 13.8 Å². The van der Waals surface area contributed by atoms with Gasteiger partial charge >= 0.3 is 0 Å². The first-order valence-corrected chi connectivity index (χ1v) is 7.58. The van der Waals surface area contributed by atoms with Crippen molar-refractivity contribution < 1.29 is 13.9 Å². The number of benzene rings is 1. The van der Waals surface area contributed by atoms with Gasteiger partial charge in [-0.1, -0.05) is 33.1 Å². The predicted octanol–water partition coefficient (Wildman–Crippen LogP) is 5.34. The van der Waals surface area contributed by atoms with E-state index in [1.165, 1.54) is 20.3 Å². The fourth-order valence-electron chi connectivity index (χ4n) is 2.36. The van der Waals surface area contributed by atoms with Gasteiger partial charge in [-0.05, 0) is 18.4 Å². The maximum absolute atomic E-state index is 14.2. The average molecular weight is 303 g/mol. The van der Waals surface area contributed by atoms with Crippen molar-refractivity contribution in [2.24, 2.45) is 5.92 Å². The molecule has 2 atom stereocenters. The van der Waals surface area contributed by atoms with Gasteiger partial charge in [0, 0.05) is 11.6 Å². The SMILES string of the molecule is CCCCC(CC)C(Cl)c1cc(OC)c(OC)cc1F. The van der Waals surface area contributed by atoms with Crippen molar-refractivity contribution in [1.29, 1.82) is 0 Å². The Morgan fingerprint density at radius 3 is 2.25 bits per heavy atom. The third kappa shape index (κ3) is 4.02. The van der Waals surface area contributed by atoms with Crippen molar-refractivity contribution in [2.75, 3.05) is 14.2 Å². The van der Waals surface area contributed by atoms with Crippen LogP contribution in [0.3, 0.4) is 0 Å². The summed E-state index contributed by atoms with van der Waals surface area (Å²) >= 11 is 6.50. The molecule has 0 saturated carbocycles. The second-order valence-corrected chi connectivity index (χ2v) is 5.41. The van der Waals surface area contributed by atoms with Gasteiger partial charge in [-0.2, -0.15) is 0 Å². The molecule has 4 heteroatoms. The molecule has 0 heterocycles. The van der Waals surface area contributed by atoms with Gasteiger partial charge in [0.1, 0.15) is 5.82 Å². The lowest BCUT2D eigenvalue weighted by molar-refractivity contribution is 0.349. The molecule has 0 N–H and O–H groups in total. The molecule has 0 saturated heterocycles. The van der Waals surface area contributed by atoms with Gasteiger partial charge in [0.2, 0.25) is 0 Å². The lowest BCUT2D eigenvalue weighted by Gasteiger charge is -2.22. The van der Waals surface area contributed by atoms with Gasteiger partial charge < -0.3 is 9.47 Å². The molecule has 0 fully saturated rings. The zero-order valence-corrected chi connectivity index (χ0v) is 13.5. The number of rotatable bonds is 8. The summed E-state index contributed by atoms with van der Waals surface area (Å²) in [6.07, 6.45) is 4.17. The van der Waals surface area contributed by atoms with Gasteiger partial charge in [-0.3, -0.25) is 0 Å². The van der Waals surface area contributed by atoms with Crippen molar-refractivity contribution in [3.05, 3.63) is 23.5 Å². The van der Waals surface area contributed by atoms with Crippen LogP contribution in [0.4, 0.5) is 4.39 Å². The predicted molar refractivity (Wildman–Crippen MR) is 81.4 cm³/mol. The van der Waals surface area contributed by atoms with Gasteiger partial charge in [0.05, 0.1) is 19.6 Å². The Bertz CT molecular complexity index is 423. The summed E-state index contributed by atoms with van der Waals surface area (Å²) in [7, 11) is 3.03. The van der Waals surface area contributed by atoms with Crippen LogP contribution in [0.1, 0.15) is 50.5 Å². The van der Waals surface area contributed by atoms with E-state index in [0.29, 0.717) is 17.1 Å². The van der Waals surface area contributed by atoms with Crippen LogP contribution in [0.25, 0.3) is 0 Å². The molecule has 2 nitrogen and oxygen atoms in total. The van der Waals surface area contributed by atoms with E-state index < -0.39 is 0 Å². The quantitative estimate of drug-likeness (QED) is 0.603. The first-order chi connectivity index (χ1) is 9.58. The lowest BCUT2D eigenvalue weighted by Crippen LogP contribution is -2.09. The molecule has 0 radical (unpaired) electrons. The third-order valence-electron chi connectivity index (χ3n) is 3.67. The minimum absolute atomic E-state index is 0.268. The molecule has 0 aliphatic carbocycles. The van der Waals surface area contributed by atoms with Crippen molar-refractivity contribution >= 4 is 11.6 Å². The van der Waals surface area contributed by atoms with E-state index in [1.807, 2.05) is 0 Å². The van der Waals surface area contributed by atoms with E-state index in [9.17, 15) is 4.39 Å². The van der Waals surface area contributed by atoms with Gasteiger partial charge in [-0.15, -0.1) is 11.6 Å². The minimum Gasteiger partial charge on any atom is -0.493 e. The molecule has 20 heavy (non-hydrogen) atoms. The number of halogens is 2. The molecule has 1 aromatic carbocycles. The van der Waals surface area contributed by atoms with Crippen LogP contribution >= 0.6 is 11.6 Å². The molecule has 0 bridgehead atoms. The highest BCUT2D eigenvalue weighted by molar-refractivity contribution is 6.21. The van der Waals surface area contributed by atoms with Crippen molar-refractivity contribution in [2.45, 2.75) is 44.9 Å². The zero-order valence-electron chi connectivity index (χ0n) is 12.7. The summed E-state index contributed by atoms with van der Waals surface area (Å²) in [5.41, 5.74) is 0.493. The maximum atomic E-state index is 14.2. The third-order valence-corrected chi connectivity index (χ3v) is 4.26. The van der Waals surface area contributed by atoms with Gasteiger partial charge in [0.25, 0.3) is 0 Å². The van der Waals surface area contributed by atoms with Gasteiger partial charge in [-0.25, -0.2) is 4.39 Å². The molecule has 0 amide bonds. The summed E-state index contributed by atoms with van der Waals surface area (Å²) in [6, 6.07) is 3.00. The summed E-state index contributed by atoms with van der Waals surface area (Å²) in [4.78, 5) is 0. The number of ether oxygens (including phenoxy) is 2. The van der Waals surface area contributed by atoms with E-state index in [1.54, 1.807) is 6.07 Å². The summed E-state index contributed by atoms with van der Waals surface area (Å²) in [5, 5.41) is -0.341. The van der Waals surface area contributed by atoms with E-state index in [0.717, 1.165) is 25.7 Å². The van der Waals surface area contributed by atoms with Crippen molar-refractivity contribution in [3.8, 4) is 11.5 Å². The second-order valence-electron chi connectivity index (χ2n) is 4.94. The van der Waals surface area contributed by atoms with Crippen molar-refractivity contribution in [3.63, 3.8) is 0 Å². The van der Waals surface area contributed by atoms with E-state index >= 15 is 0 Å². The lowest BCUT2D eigenvalue weighted by atomic mass is 9.91. The molecule has 2 unspecified atom stereocenters. The molecule has 0 aromatic heterocycles. The van der Waals surface area contributed by atoms with Gasteiger partial charge in [0.15, 0.2) is 11.5 Å². The highest BCUT2D eigenvalue weighted by atomic mass is 35.5. The normalized spacial score (nSPS) is 13.9. The standard InChI is InChI=1S/C16H24ClFO2/c1-5-7-8-11(6-2)16(17)12-9-14(19-3)15(20-4)10-13(12)18/h9-11,16H,5-8H2,1-4H3. The Morgan fingerprint density at radius 2 is 1.75 bits per heavy atom. The minimum atomic E-state index is -0.341. The number of unbranched alkanes of at least 4 members (excludes halogenated alkanes) is 1. The van der Waals surface area contributed by atoms with E-state index in [-0.39, 0.29) is 17.1 Å². The van der Waals surface area contributed by atoms with E-state index in [4.69, 9.17) is 21.1 Å². The number of hydrogen-bond acceptors (Lipinski definition) is 2. The smallest absolute Gasteiger partial charge is 0.163 e. The summed E-state index contributed by atoms with van der Waals surface area (Å²) in [6.45, 7) is 4.24. The van der Waals surface area contributed by atoms with Crippen LogP contribution in [0.15, 0.2) is 12.1 Å². The Balaban J connectivity index is 3.04. The molecule has 0 aliphatic rings. The molecule has 1 aromatic rings. The zero-order chi connectivity index (χ0) is 15.1. The maximum Gasteiger partial charge on any atom is 0.163 e. The molecular weight excluding hydrogens is 279 g/mol. The number of methoxy groups -OCH3 is 2. The largest absolute Gasteiger partial charge is 0.493 e. The van der Waals surface area contributed by atoms with Crippen LogP contribution in [-0.2, 0) is 0 Å². The molecule has 1 rings (SSSR count). The highest BCUT2D eigenvalue weighted by Crippen LogP contribution is 2.40. The Morgan fingerprint density at radius 1 is 1.15 bits per heavy atom. The topological polar surface area (TPSA) is 18.5 Å². The second kappa shape index (κ2) is 8.35. The fraction of sp³-hybridized carbons (Fsp3) is 0.625. The average Bonchev–Trinajstić information content (AvgIpc) is 2.47.